The van der Waals surface area contributed by atoms with Gasteiger partial charge in [-0.05, 0) is 38.3 Å². The van der Waals surface area contributed by atoms with Gasteiger partial charge in [-0.1, -0.05) is 13.8 Å². The van der Waals surface area contributed by atoms with Crippen molar-refractivity contribution in [3.8, 4) is 0 Å². The van der Waals surface area contributed by atoms with Crippen molar-refractivity contribution in [2.45, 2.75) is 57.9 Å². The summed E-state index contributed by atoms with van der Waals surface area (Å²) in [5.41, 5.74) is 0.449. The number of likely N-dealkylation sites (tertiary alicyclic amines) is 1. The Morgan fingerprint density at radius 2 is 1.85 bits per heavy atom. The summed E-state index contributed by atoms with van der Waals surface area (Å²) in [6.07, 6.45) is 2.61. The van der Waals surface area contributed by atoms with Crippen molar-refractivity contribution in [3.63, 3.8) is 0 Å². The quantitative estimate of drug-likeness (QED) is 0.813. The summed E-state index contributed by atoms with van der Waals surface area (Å²) in [5.74, 6) is 1.03. The van der Waals surface area contributed by atoms with Crippen molar-refractivity contribution in [1.82, 2.24) is 19.7 Å². The van der Waals surface area contributed by atoms with Crippen molar-refractivity contribution in [3.05, 3.63) is 43.8 Å². The lowest BCUT2D eigenvalue weighted by Gasteiger charge is -2.38. The van der Waals surface area contributed by atoms with Crippen LogP contribution >= 0.6 is 11.3 Å². The van der Waals surface area contributed by atoms with E-state index in [1.165, 1.54) is 0 Å². The van der Waals surface area contributed by atoms with E-state index in [0.29, 0.717) is 25.3 Å². The molecule has 2 aromatic heterocycles. The van der Waals surface area contributed by atoms with Crippen LogP contribution in [0.25, 0.3) is 0 Å². The van der Waals surface area contributed by atoms with Gasteiger partial charge in [0.1, 0.15) is 11.5 Å². The SMILES string of the molecule is Cc1ccc(C(=O)N2CCC3(CC2)CCn2c3nnc(C(C)C)c2=O)s1. The zero-order valence-electron chi connectivity index (χ0n) is 15.5. The molecule has 138 valence electrons. The lowest BCUT2D eigenvalue weighted by Crippen LogP contribution is -2.45. The Kier molecular flexibility index (Phi) is 4.22. The molecule has 0 aromatic carbocycles. The Morgan fingerprint density at radius 1 is 1.15 bits per heavy atom. The highest BCUT2D eigenvalue weighted by Gasteiger charge is 2.45. The predicted octanol–water partition coefficient (Wildman–Crippen LogP) is 2.71. The number of thiophene rings is 1. The third-order valence-electron chi connectivity index (χ3n) is 5.77. The molecule has 0 unspecified atom stereocenters. The topological polar surface area (TPSA) is 68.1 Å². The van der Waals surface area contributed by atoms with Crippen LogP contribution in [0.3, 0.4) is 0 Å². The molecule has 2 aromatic rings. The van der Waals surface area contributed by atoms with Gasteiger partial charge in [0.05, 0.1) is 4.88 Å². The highest BCUT2D eigenvalue weighted by atomic mass is 32.1. The van der Waals surface area contributed by atoms with E-state index in [1.54, 1.807) is 11.3 Å². The largest absolute Gasteiger partial charge is 0.338 e. The molecule has 0 saturated carbocycles. The molecule has 0 bridgehead atoms. The van der Waals surface area contributed by atoms with Crippen molar-refractivity contribution >= 4 is 17.2 Å². The second-order valence-electron chi connectivity index (χ2n) is 7.75. The molecule has 26 heavy (non-hydrogen) atoms. The number of nitrogens with zero attached hydrogens (tertiary/aromatic N) is 4. The lowest BCUT2D eigenvalue weighted by molar-refractivity contribution is 0.0667. The number of rotatable bonds is 2. The molecule has 0 radical (unpaired) electrons. The van der Waals surface area contributed by atoms with Crippen LogP contribution < -0.4 is 5.56 Å². The number of fused-ring (bicyclic) bond motifs is 2. The minimum absolute atomic E-state index is 0.00874. The Morgan fingerprint density at radius 3 is 2.46 bits per heavy atom. The summed E-state index contributed by atoms with van der Waals surface area (Å²) in [5, 5.41) is 8.70. The molecule has 4 rings (SSSR count). The number of hydrogen-bond acceptors (Lipinski definition) is 5. The Hall–Kier alpha value is -2.02. The van der Waals surface area contributed by atoms with Crippen LogP contribution in [0.15, 0.2) is 16.9 Å². The molecule has 0 N–H and O–H groups in total. The number of piperidine rings is 1. The Bertz CT molecular complexity index is 907. The van der Waals surface area contributed by atoms with Gasteiger partial charge in [-0.3, -0.25) is 14.2 Å². The second kappa shape index (κ2) is 6.30. The van der Waals surface area contributed by atoms with E-state index in [9.17, 15) is 9.59 Å². The standard InChI is InChI=1S/C19H24N4O2S/c1-12(2)15-17(25)23-11-8-19(18(23)21-20-15)6-9-22(10-7-19)16(24)14-5-4-13(3)26-14/h4-5,12H,6-11H2,1-3H3. The molecule has 1 amide bonds. The molecule has 1 fully saturated rings. The predicted molar refractivity (Wildman–Crippen MR) is 101 cm³/mol. The summed E-state index contributed by atoms with van der Waals surface area (Å²) in [7, 11) is 0. The first-order valence-electron chi connectivity index (χ1n) is 9.25. The molecule has 1 saturated heterocycles. The highest BCUT2D eigenvalue weighted by Crippen LogP contribution is 2.41. The summed E-state index contributed by atoms with van der Waals surface area (Å²) < 4.78 is 1.82. The normalized spacial score (nSPS) is 18.5. The van der Waals surface area contributed by atoms with Gasteiger partial charge in [-0.2, -0.15) is 0 Å². The van der Waals surface area contributed by atoms with Gasteiger partial charge in [0.25, 0.3) is 11.5 Å². The van der Waals surface area contributed by atoms with Gasteiger partial charge in [0.2, 0.25) is 0 Å². The van der Waals surface area contributed by atoms with Gasteiger partial charge in [-0.15, -0.1) is 21.5 Å². The van der Waals surface area contributed by atoms with Gasteiger partial charge < -0.3 is 4.90 Å². The lowest BCUT2D eigenvalue weighted by atomic mass is 9.76. The first-order valence-corrected chi connectivity index (χ1v) is 10.1. The van der Waals surface area contributed by atoms with Crippen LogP contribution in [-0.2, 0) is 12.0 Å². The van der Waals surface area contributed by atoms with Crippen LogP contribution in [0.2, 0.25) is 0 Å². The third-order valence-corrected chi connectivity index (χ3v) is 6.76. The van der Waals surface area contributed by atoms with Gasteiger partial charge >= 0.3 is 0 Å². The average molecular weight is 372 g/mol. The van der Waals surface area contributed by atoms with Crippen LogP contribution in [0.4, 0.5) is 0 Å². The van der Waals surface area contributed by atoms with Gasteiger partial charge in [-0.25, -0.2) is 0 Å². The zero-order valence-corrected chi connectivity index (χ0v) is 16.3. The second-order valence-corrected chi connectivity index (χ2v) is 9.04. The minimum Gasteiger partial charge on any atom is -0.338 e. The molecule has 2 aliphatic heterocycles. The van der Waals surface area contributed by atoms with E-state index in [4.69, 9.17) is 0 Å². The molecule has 4 heterocycles. The third kappa shape index (κ3) is 2.69. The van der Waals surface area contributed by atoms with Crippen molar-refractivity contribution < 1.29 is 4.79 Å². The van der Waals surface area contributed by atoms with E-state index < -0.39 is 0 Å². The molecule has 7 heteroatoms. The number of carbonyl (C=O) groups excluding carboxylic acids is 1. The van der Waals surface area contributed by atoms with Crippen molar-refractivity contribution in [1.29, 1.82) is 0 Å². The first-order chi connectivity index (χ1) is 12.4. The molecular weight excluding hydrogens is 348 g/mol. The van der Waals surface area contributed by atoms with Crippen LogP contribution in [0.5, 0.6) is 0 Å². The smallest absolute Gasteiger partial charge is 0.275 e. The maximum atomic E-state index is 12.7. The van der Waals surface area contributed by atoms with Gasteiger partial charge in [0.15, 0.2) is 0 Å². The number of aryl methyl sites for hydroxylation is 1. The molecule has 0 aliphatic carbocycles. The molecule has 2 aliphatic rings. The van der Waals surface area contributed by atoms with E-state index in [1.807, 2.05) is 42.4 Å². The average Bonchev–Trinajstić information content (AvgIpc) is 3.20. The number of carbonyl (C=O) groups is 1. The number of aromatic nitrogens is 3. The fourth-order valence-corrected chi connectivity index (χ4v) is 4.98. The fourth-order valence-electron chi connectivity index (χ4n) is 4.15. The van der Waals surface area contributed by atoms with Crippen LogP contribution in [0.1, 0.15) is 65.1 Å². The summed E-state index contributed by atoms with van der Waals surface area (Å²) in [6.45, 7) is 8.08. The van der Waals surface area contributed by atoms with Crippen molar-refractivity contribution in [2.24, 2.45) is 0 Å². The molecule has 0 atom stereocenters. The minimum atomic E-state index is -0.107. The first kappa shape index (κ1) is 17.4. The number of amides is 1. The van der Waals surface area contributed by atoms with E-state index >= 15 is 0 Å². The molecule has 1 spiro atoms. The Balaban J connectivity index is 1.55. The number of hydrogen-bond donors (Lipinski definition) is 0. The van der Waals surface area contributed by atoms with E-state index in [0.717, 1.165) is 34.8 Å². The molecule has 6 nitrogen and oxygen atoms in total. The fraction of sp³-hybridized carbons (Fsp3) is 0.579. The summed E-state index contributed by atoms with van der Waals surface area (Å²) >= 11 is 1.55. The van der Waals surface area contributed by atoms with E-state index in [2.05, 4.69) is 10.2 Å². The highest BCUT2D eigenvalue weighted by molar-refractivity contribution is 7.13. The van der Waals surface area contributed by atoms with Crippen LogP contribution in [0, 0.1) is 6.92 Å². The summed E-state index contributed by atoms with van der Waals surface area (Å²) in [4.78, 5) is 29.3. The van der Waals surface area contributed by atoms with Gasteiger partial charge in [0, 0.05) is 35.8 Å². The zero-order chi connectivity index (χ0) is 18.5. The maximum absolute atomic E-state index is 12.7. The van der Waals surface area contributed by atoms with E-state index in [-0.39, 0.29) is 22.8 Å². The van der Waals surface area contributed by atoms with Crippen LogP contribution in [-0.4, -0.2) is 38.7 Å². The maximum Gasteiger partial charge on any atom is 0.275 e. The summed E-state index contributed by atoms with van der Waals surface area (Å²) in [6, 6.07) is 3.90. The van der Waals surface area contributed by atoms with Crippen molar-refractivity contribution in [2.75, 3.05) is 13.1 Å². The monoisotopic (exact) mass is 372 g/mol. The molecular formula is C19H24N4O2S. The Labute approximate surface area is 156 Å².